The first-order chi connectivity index (χ1) is 12.6. The molecule has 3 aromatic rings. The van der Waals surface area contributed by atoms with Gasteiger partial charge in [0.25, 0.3) is 0 Å². The molecule has 0 aromatic carbocycles. The number of likely N-dealkylation sites (tertiary alicyclic amines) is 1. The predicted molar refractivity (Wildman–Crippen MR) is 105 cm³/mol. The van der Waals surface area contributed by atoms with Gasteiger partial charge in [-0.15, -0.1) is 11.3 Å². The molecule has 0 radical (unpaired) electrons. The van der Waals surface area contributed by atoms with Crippen molar-refractivity contribution in [1.82, 2.24) is 19.5 Å². The molecule has 1 fully saturated rings. The molecule has 6 nitrogen and oxygen atoms in total. The number of amides is 1. The average molecular weight is 369 g/mol. The number of hydrogen-bond acceptors (Lipinski definition) is 5. The first kappa shape index (κ1) is 17.0. The quantitative estimate of drug-likeness (QED) is 0.676. The van der Waals surface area contributed by atoms with Gasteiger partial charge in [-0.2, -0.15) is 9.61 Å². The van der Waals surface area contributed by atoms with E-state index in [0.717, 1.165) is 60.9 Å². The summed E-state index contributed by atoms with van der Waals surface area (Å²) < 4.78 is 1.90. The summed E-state index contributed by atoms with van der Waals surface area (Å²) >= 11 is 1.71. The third-order valence-corrected chi connectivity index (χ3v) is 5.63. The van der Waals surface area contributed by atoms with Gasteiger partial charge in [-0.3, -0.25) is 4.79 Å². The van der Waals surface area contributed by atoms with Gasteiger partial charge >= 0.3 is 0 Å². The normalized spacial score (nSPS) is 14.5. The third-order valence-electron chi connectivity index (χ3n) is 4.74. The molecule has 1 amide bonds. The lowest BCUT2D eigenvalue weighted by molar-refractivity contribution is -0.127. The number of anilines is 1. The summed E-state index contributed by atoms with van der Waals surface area (Å²) in [6.07, 6.45) is 2.62. The Balaban J connectivity index is 1.54. The van der Waals surface area contributed by atoms with Crippen LogP contribution in [0.3, 0.4) is 0 Å². The maximum absolute atomic E-state index is 11.7. The van der Waals surface area contributed by atoms with Crippen LogP contribution in [-0.2, 0) is 4.79 Å². The lowest BCUT2D eigenvalue weighted by Crippen LogP contribution is -2.27. The highest BCUT2D eigenvalue weighted by atomic mass is 32.1. The van der Waals surface area contributed by atoms with Crippen LogP contribution >= 0.6 is 11.3 Å². The molecule has 0 atom stereocenters. The summed E-state index contributed by atoms with van der Waals surface area (Å²) in [6, 6.07) is 6.19. The van der Waals surface area contributed by atoms with Crippen LogP contribution < -0.4 is 5.32 Å². The second kappa shape index (κ2) is 7.07. The molecule has 0 unspecified atom stereocenters. The van der Waals surface area contributed by atoms with E-state index in [4.69, 9.17) is 10.1 Å². The van der Waals surface area contributed by atoms with E-state index in [1.807, 2.05) is 29.3 Å². The molecular formula is C19H23N5OS. The number of carbonyl (C=O) groups excluding carboxylic acids is 1. The fourth-order valence-electron chi connectivity index (χ4n) is 3.51. The lowest BCUT2D eigenvalue weighted by atomic mass is 10.2. The maximum Gasteiger partial charge on any atom is 0.222 e. The Labute approximate surface area is 156 Å². The van der Waals surface area contributed by atoms with Crippen molar-refractivity contribution in [2.45, 2.75) is 33.1 Å². The molecule has 1 saturated heterocycles. The molecule has 0 bridgehead atoms. The summed E-state index contributed by atoms with van der Waals surface area (Å²) in [5, 5.41) is 10.3. The second-order valence-corrected chi connectivity index (χ2v) is 7.67. The van der Waals surface area contributed by atoms with E-state index in [2.05, 4.69) is 22.8 Å². The van der Waals surface area contributed by atoms with Gasteiger partial charge in [-0.25, -0.2) is 4.98 Å². The van der Waals surface area contributed by atoms with Crippen molar-refractivity contribution in [3.63, 3.8) is 0 Å². The minimum atomic E-state index is 0.287. The Morgan fingerprint density at radius 2 is 2.23 bits per heavy atom. The Morgan fingerprint density at radius 1 is 1.35 bits per heavy atom. The molecule has 0 saturated carbocycles. The number of rotatable bonds is 6. The lowest BCUT2D eigenvalue weighted by Gasteiger charge is -2.16. The van der Waals surface area contributed by atoms with E-state index in [0.29, 0.717) is 6.42 Å². The van der Waals surface area contributed by atoms with E-state index in [-0.39, 0.29) is 5.91 Å². The zero-order valence-corrected chi connectivity index (χ0v) is 16.0. The highest BCUT2D eigenvalue weighted by Crippen LogP contribution is 2.32. The molecule has 1 aliphatic heterocycles. The molecule has 3 aromatic heterocycles. The van der Waals surface area contributed by atoms with Gasteiger partial charge in [0, 0.05) is 42.7 Å². The monoisotopic (exact) mass is 369 g/mol. The summed E-state index contributed by atoms with van der Waals surface area (Å²) in [6.45, 7) is 6.56. The van der Waals surface area contributed by atoms with Crippen LogP contribution in [-0.4, -0.2) is 45.0 Å². The topological polar surface area (TPSA) is 62.5 Å². The highest BCUT2D eigenvalue weighted by molar-refractivity contribution is 7.13. The van der Waals surface area contributed by atoms with Crippen molar-refractivity contribution in [3.8, 4) is 10.4 Å². The van der Waals surface area contributed by atoms with E-state index >= 15 is 0 Å². The molecule has 136 valence electrons. The van der Waals surface area contributed by atoms with Crippen molar-refractivity contribution >= 4 is 28.7 Å². The number of fused-ring (bicyclic) bond motifs is 1. The second-order valence-electron chi connectivity index (χ2n) is 6.72. The highest BCUT2D eigenvalue weighted by Gasteiger charge is 2.19. The van der Waals surface area contributed by atoms with Crippen molar-refractivity contribution in [2.75, 3.05) is 25.0 Å². The standard InChI is InChI=1S/C19H23N5OS/c1-13-12-16(20-8-5-10-23-9-3-7-17(23)25)24-19(21-13)18(14(2)22-24)15-6-4-11-26-15/h4,6,11-12,20H,3,5,7-10H2,1-2H3. The minimum absolute atomic E-state index is 0.287. The van der Waals surface area contributed by atoms with Crippen molar-refractivity contribution in [1.29, 1.82) is 0 Å². The number of thiophene rings is 1. The summed E-state index contributed by atoms with van der Waals surface area (Å²) in [5.41, 5.74) is 3.94. The van der Waals surface area contributed by atoms with Crippen LogP contribution in [0.15, 0.2) is 23.6 Å². The van der Waals surface area contributed by atoms with Crippen molar-refractivity contribution in [2.24, 2.45) is 0 Å². The molecule has 1 N–H and O–H groups in total. The fourth-order valence-corrected chi connectivity index (χ4v) is 4.32. The minimum Gasteiger partial charge on any atom is -0.370 e. The molecular weight excluding hydrogens is 346 g/mol. The first-order valence-corrected chi connectivity index (χ1v) is 9.94. The van der Waals surface area contributed by atoms with Crippen LogP contribution in [0.1, 0.15) is 30.7 Å². The van der Waals surface area contributed by atoms with Crippen molar-refractivity contribution in [3.05, 3.63) is 35.0 Å². The number of aromatic nitrogens is 3. The Bertz CT molecular complexity index is 931. The Hall–Kier alpha value is -2.41. The number of aryl methyl sites for hydroxylation is 2. The molecule has 7 heteroatoms. The predicted octanol–water partition coefficient (Wildman–Crippen LogP) is 3.50. The largest absolute Gasteiger partial charge is 0.370 e. The van der Waals surface area contributed by atoms with Gasteiger partial charge < -0.3 is 10.2 Å². The average Bonchev–Trinajstić information content (AvgIpc) is 3.32. The molecule has 4 heterocycles. The van der Waals surface area contributed by atoms with E-state index < -0.39 is 0 Å². The zero-order valence-electron chi connectivity index (χ0n) is 15.2. The van der Waals surface area contributed by atoms with Gasteiger partial charge in [0.15, 0.2) is 5.65 Å². The number of nitrogens with one attached hydrogen (secondary N) is 1. The first-order valence-electron chi connectivity index (χ1n) is 9.06. The van der Waals surface area contributed by atoms with Gasteiger partial charge in [0.2, 0.25) is 5.91 Å². The van der Waals surface area contributed by atoms with Gasteiger partial charge in [-0.1, -0.05) is 6.07 Å². The number of hydrogen-bond donors (Lipinski definition) is 1. The van der Waals surface area contributed by atoms with E-state index in [1.54, 1.807) is 11.3 Å². The smallest absolute Gasteiger partial charge is 0.222 e. The summed E-state index contributed by atoms with van der Waals surface area (Å²) in [5.74, 6) is 1.24. The number of nitrogens with zero attached hydrogens (tertiary/aromatic N) is 4. The SMILES string of the molecule is Cc1cc(NCCCN2CCCC2=O)n2nc(C)c(-c3cccs3)c2n1. The Kier molecular flexibility index (Phi) is 4.63. The maximum atomic E-state index is 11.7. The van der Waals surface area contributed by atoms with Crippen LogP contribution in [0.25, 0.3) is 16.1 Å². The molecule has 1 aliphatic rings. The zero-order chi connectivity index (χ0) is 18.1. The van der Waals surface area contributed by atoms with Crippen LogP contribution in [0.4, 0.5) is 5.82 Å². The van der Waals surface area contributed by atoms with E-state index in [1.165, 1.54) is 4.88 Å². The van der Waals surface area contributed by atoms with Crippen molar-refractivity contribution < 1.29 is 4.79 Å². The Morgan fingerprint density at radius 3 is 2.96 bits per heavy atom. The van der Waals surface area contributed by atoms with Gasteiger partial charge in [0.1, 0.15) is 5.82 Å². The van der Waals surface area contributed by atoms with Crippen LogP contribution in [0.5, 0.6) is 0 Å². The molecule has 0 spiro atoms. The van der Waals surface area contributed by atoms with Gasteiger partial charge in [-0.05, 0) is 38.1 Å². The van der Waals surface area contributed by atoms with Crippen LogP contribution in [0.2, 0.25) is 0 Å². The molecule has 0 aliphatic carbocycles. The van der Waals surface area contributed by atoms with Gasteiger partial charge in [0.05, 0.1) is 11.3 Å². The fraction of sp³-hybridized carbons (Fsp3) is 0.421. The molecule has 26 heavy (non-hydrogen) atoms. The van der Waals surface area contributed by atoms with Crippen LogP contribution in [0, 0.1) is 13.8 Å². The summed E-state index contributed by atoms with van der Waals surface area (Å²) in [7, 11) is 0. The third kappa shape index (κ3) is 3.19. The van der Waals surface area contributed by atoms with E-state index in [9.17, 15) is 4.79 Å². The summed E-state index contributed by atoms with van der Waals surface area (Å²) in [4.78, 5) is 19.6. The number of carbonyl (C=O) groups is 1. The molecule has 4 rings (SSSR count).